The van der Waals surface area contributed by atoms with Gasteiger partial charge >= 0.3 is 0 Å². The standard InChI is InChI=1S/C20H23N5O2S/c1-3-25(4-2)15-10-9-14(18(26)11-15)12-21-24-19(27)13-28-20-22-16-7-5-6-8-17(16)23-20/h5-12,26H,3-4,13H2,1-2H3,(H,22,23)(H,24,27)/b21-12-. The lowest BCUT2D eigenvalue weighted by Crippen LogP contribution is -2.21. The summed E-state index contributed by atoms with van der Waals surface area (Å²) in [6.07, 6.45) is 1.44. The number of nitrogens with zero attached hydrogens (tertiary/aromatic N) is 3. The maximum absolute atomic E-state index is 12.0. The van der Waals surface area contributed by atoms with Gasteiger partial charge in [-0.1, -0.05) is 23.9 Å². The van der Waals surface area contributed by atoms with Crippen molar-refractivity contribution in [2.45, 2.75) is 19.0 Å². The number of rotatable bonds is 8. The second kappa shape index (κ2) is 9.27. The molecule has 0 saturated carbocycles. The molecule has 3 aromatic rings. The number of benzene rings is 2. The molecule has 3 rings (SSSR count). The molecule has 28 heavy (non-hydrogen) atoms. The Balaban J connectivity index is 1.53. The van der Waals surface area contributed by atoms with Gasteiger partial charge < -0.3 is 15.0 Å². The topological polar surface area (TPSA) is 93.6 Å². The summed E-state index contributed by atoms with van der Waals surface area (Å²) in [6.45, 7) is 5.86. The third-order valence-corrected chi connectivity index (χ3v) is 5.12. The number of aromatic hydroxyl groups is 1. The number of hydrogen-bond donors (Lipinski definition) is 3. The first kappa shape index (κ1) is 19.8. The first-order valence-electron chi connectivity index (χ1n) is 9.08. The summed E-state index contributed by atoms with van der Waals surface area (Å²) in [7, 11) is 0. The van der Waals surface area contributed by atoms with Crippen LogP contribution in [-0.2, 0) is 4.79 Å². The SMILES string of the molecule is CCN(CC)c1ccc(/C=N\NC(=O)CSc2nc3ccccc3[nH]2)c(O)c1. The highest BCUT2D eigenvalue weighted by Crippen LogP contribution is 2.23. The maximum Gasteiger partial charge on any atom is 0.250 e. The normalized spacial score (nSPS) is 11.2. The van der Waals surface area contributed by atoms with Crippen LogP contribution in [0.4, 0.5) is 5.69 Å². The first-order valence-corrected chi connectivity index (χ1v) is 10.1. The fourth-order valence-electron chi connectivity index (χ4n) is 2.76. The number of aromatic amines is 1. The molecule has 0 bridgehead atoms. The number of thioether (sulfide) groups is 1. The molecule has 0 radical (unpaired) electrons. The average molecular weight is 398 g/mol. The Morgan fingerprint density at radius 3 is 2.79 bits per heavy atom. The third-order valence-electron chi connectivity index (χ3n) is 4.24. The molecule has 0 unspecified atom stereocenters. The molecule has 8 heteroatoms. The number of amides is 1. The number of para-hydroxylation sites is 2. The largest absolute Gasteiger partial charge is 0.507 e. The van der Waals surface area contributed by atoms with Gasteiger partial charge in [0.2, 0.25) is 0 Å². The van der Waals surface area contributed by atoms with Gasteiger partial charge in [-0.15, -0.1) is 0 Å². The van der Waals surface area contributed by atoms with Gasteiger partial charge in [0.05, 0.1) is 23.0 Å². The van der Waals surface area contributed by atoms with Crippen LogP contribution in [0.5, 0.6) is 5.75 Å². The molecule has 0 aliphatic carbocycles. The second-order valence-electron chi connectivity index (χ2n) is 6.06. The molecule has 0 aliphatic rings. The number of anilines is 1. The van der Waals surface area contributed by atoms with Crippen LogP contribution in [-0.4, -0.2) is 46.0 Å². The molecular formula is C20H23N5O2S. The number of fused-ring (bicyclic) bond motifs is 1. The van der Waals surface area contributed by atoms with E-state index >= 15 is 0 Å². The van der Waals surface area contributed by atoms with Crippen LogP contribution in [0.2, 0.25) is 0 Å². The molecule has 7 nitrogen and oxygen atoms in total. The highest BCUT2D eigenvalue weighted by atomic mass is 32.2. The first-order chi connectivity index (χ1) is 13.6. The van der Waals surface area contributed by atoms with Crippen molar-refractivity contribution in [2.24, 2.45) is 5.10 Å². The molecule has 1 heterocycles. The van der Waals surface area contributed by atoms with E-state index in [9.17, 15) is 9.90 Å². The van der Waals surface area contributed by atoms with Crippen LogP contribution in [0.1, 0.15) is 19.4 Å². The van der Waals surface area contributed by atoms with Gasteiger partial charge in [-0.2, -0.15) is 5.10 Å². The Bertz CT molecular complexity index is 949. The summed E-state index contributed by atoms with van der Waals surface area (Å²) >= 11 is 1.31. The molecule has 1 amide bonds. The van der Waals surface area contributed by atoms with E-state index in [4.69, 9.17) is 0 Å². The van der Waals surface area contributed by atoms with E-state index in [0.29, 0.717) is 10.7 Å². The van der Waals surface area contributed by atoms with Crippen LogP contribution in [0.15, 0.2) is 52.7 Å². The smallest absolute Gasteiger partial charge is 0.250 e. The van der Waals surface area contributed by atoms with Gasteiger partial charge in [0.1, 0.15) is 5.75 Å². The van der Waals surface area contributed by atoms with Crippen LogP contribution < -0.4 is 10.3 Å². The number of nitrogens with one attached hydrogen (secondary N) is 2. The van der Waals surface area contributed by atoms with Crippen molar-refractivity contribution in [3.63, 3.8) is 0 Å². The van der Waals surface area contributed by atoms with E-state index in [-0.39, 0.29) is 17.4 Å². The van der Waals surface area contributed by atoms with Crippen LogP contribution in [0, 0.1) is 0 Å². The third kappa shape index (κ3) is 4.83. The maximum atomic E-state index is 12.0. The molecule has 1 aromatic heterocycles. The second-order valence-corrected chi connectivity index (χ2v) is 7.02. The molecular weight excluding hydrogens is 374 g/mol. The average Bonchev–Trinajstić information content (AvgIpc) is 3.12. The Morgan fingerprint density at radius 2 is 2.07 bits per heavy atom. The molecule has 3 N–H and O–H groups in total. The summed E-state index contributed by atoms with van der Waals surface area (Å²) in [5.74, 6) is 0.0596. The highest BCUT2D eigenvalue weighted by molar-refractivity contribution is 7.99. The van der Waals surface area contributed by atoms with Crippen LogP contribution in [0.25, 0.3) is 11.0 Å². The zero-order chi connectivity index (χ0) is 19.9. The van der Waals surface area contributed by atoms with E-state index < -0.39 is 0 Å². The Labute approximate surface area is 167 Å². The summed E-state index contributed by atoms with van der Waals surface area (Å²) in [5, 5.41) is 14.8. The van der Waals surface area contributed by atoms with E-state index in [2.05, 4.69) is 39.2 Å². The summed E-state index contributed by atoms with van der Waals surface area (Å²) in [5.41, 5.74) is 5.77. The predicted octanol–water partition coefficient (Wildman–Crippen LogP) is 3.36. The van der Waals surface area contributed by atoms with E-state index in [1.54, 1.807) is 12.1 Å². The minimum Gasteiger partial charge on any atom is -0.507 e. The van der Waals surface area contributed by atoms with E-state index in [0.717, 1.165) is 29.8 Å². The van der Waals surface area contributed by atoms with Crippen LogP contribution >= 0.6 is 11.8 Å². The molecule has 0 atom stereocenters. The summed E-state index contributed by atoms with van der Waals surface area (Å²) < 4.78 is 0. The monoisotopic (exact) mass is 397 g/mol. The van der Waals surface area contributed by atoms with Gasteiger partial charge in [-0.3, -0.25) is 4.79 Å². The van der Waals surface area contributed by atoms with E-state index in [1.165, 1.54) is 18.0 Å². The van der Waals surface area contributed by atoms with Gasteiger partial charge in [-0.05, 0) is 38.1 Å². The van der Waals surface area contributed by atoms with Crippen molar-refractivity contribution in [1.82, 2.24) is 15.4 Å². The molecule has 2 aromatic carbocycles. The molecule has 0 saturated heterocycles. The van der Waals surface area contributed by atoms with Gasteiger partial charge in [-0.25, -0.2) is 10.4 Å². The van der Waals surface area contributed by atoms with Crippen LogP contribution in [0.3, 0.4) is 0 Å². The molecule has 0 aliphatic heterocycles. The quantitative estimate of drug-likeness (QED) is 0.308. The van der Waals surface area contributed by atoms with Gasteiger partial charge in [0.25, 0.3) is 5.91 Å². The highest BCUT2D eigenvalue weighted by Gasteiger charge is 2.07. The van der Waals surface area contributed by atoms with Crippen molar-refractivity contribution in [3.8, 4) is 5.75 Å². The zero-order valence-corrected chi connectivity index (χ0v) is 16.7. The molecule has 0 fully saturated rings. The number of carbonyl (C=O) groups excluding carboxylic acids is 1. The summed E-state index contributed by atoms with van der Waals surface area (Å²) in [6, 6.07) is 13.1. The number of hydrogen-bond acceptors (Lipinski definition) is 6. The van der Waals surface area contributed by atoms with Crippen molar-refractivity contribution in [3.05, 3.63) is 48.0 Å². The number of phenolic OH excluding ortho intramolecular Hbond substituents is 1. The fourth-order valence-corrected chi connectivity index (χ4v) is 3.44. The number of imidazole rings is 1. The van der Waals surface area contributed by atoms with Gasteiger partial charge in [0.15, 0.2) is 5.16 Å². The number of phenols is 1. The Hall–Kier alpha value is -3.00. The number of hydrazone groups is 1. The van der Waals surface area contributed by atoms with Crippen molar-refractivity contribution in [2.75, 3.05) is 23.7 Å². The van der Waals surface area contributed by atoms with Gasteiger partial charge in [0, 0.05) is 30.4 Å². The lowest BCUT2D eigenvalue weighted by atomic mass is 10.2. The zero-order valence-electron chi connectivity index (χ0n) is 15.8. The fraction of sp³-hybridized carbons (Fsp3) is 0.250. The minimum atomic E-state index is -0.249. The lowest BCUT2D eigenvalue weighted by Gasteiger charge is -2.21. The van der Waals surface area contributed by atoms with E-state index in [1.807, 2.05) is 30.3 Å². The Morgan fingerprint density at radius 1 is 1.29 bits per heavy atom. The number of H-pyrrole nitrogens is 1. The molecule has 146 valence electrons. The number of carbonyl (C=O) groups is 1. The predicted molar refractivity (Wildman–Crippen MR) is 114 cm³/mol. The van der Waals surface area contributed by atoms with Crippen molar-refractivity contribution < 1.29 is 9.90 Å². The minimum absolute atomic E-state index is 0.124. The van der Waals surface area contributed by atoms with Crippen molar-refractivity contribution >= 4 is 40.6 Å². The Kier molecular flexibility index (Phi) is 6.54. The number of aromatic nitrogens is 2. The lowest BCUT2D eigenvalue weighted by molar-refractivity contribution is -0.118. The van der Waals surface area contributed by atoms with Crippen molar-refractivity contribution in [1.29, 1.82) is 0 Å². The summed E-state index contributed by atoms with van der Waals surface area (Å²) in [4.78, 5) is 21.7. The molecule has 0 spiro atoms.